The Morgan fingerprint density at radius 3 is 2.51 bits per heavy atom. The molecule has 0 bridgehead atoms. The number of nitriles is 1. The van der Waals surface area contributed by atoms with Crippen molar-refractivity contribution in [3.63, 3.8) is 0 Å². The van der Waals surface area contributed by atoms with Crippen LogP contribution in [0.5, 0.6) is 5.75 Å². The minimum atomic E-state index is -4.07. The van der Waals surface area contributed by atoms with Crippen molar-refractivity contribution in [2.45, 2.75) is 24.7 Å². The summed E-state index contributed by atoms with van der Waals surface area (Å²) in [6.45, 7) is 2.00. The molecule has 0 unspecified atom stereocenters. The number of aromatic hydroxyl groups is 1. The van der Waals surface area contributed by atoms with E-state index in [1.165, 1.54) is 38.8 Å². The fourth-order valence-corrected chi connectivity index (χ4v) is 7.44. The van der Waals surface area contributed by atoms with Gasteiger partial charge < -0.3 is 5.11 Å². The second kappa shape index (κ2) is 9.17. The fourth-order valence-electron chi connectivity index (χ4n) is 4.27. The minimum Gasteiger partial charge on any atom is -0.508 e. The molecule has 0 saturated carbocycles. The van der Waals surface area contributed by atoms with Crippen molar-refractivity contribution in [2.24, 2.45) is 0 Å². The van der Waals surface area contributed by atoms with E-state index in [1.807, 2.05) is 35.9 Å². The van der Waals surface area contributed by atoms with Gasteiger partial charge in [0.2, 0.25) is 0 Å². The molecule has 0 spiro atoms. The minimum absolute atomic E-state index is 0.0964. The molecule has 5 aromatic rings. The van der Waals surface area contributed by atoms with Gasteiger partial charge in [0.15, 0.2) is 0 Å². The molecule has 0 saturated heterocycles. The van der Waals surface area contributed by atoms with E-state index >= 15 is 0 Å². The number of hydrogen-bond donors (Lipinski definition) is 1. The third-order valence-electron chi connectivity index (χ3n) is 5.79. The predicted molar refractivity (Wildman–Crippen MR) is 143 cm³/mol. The Hall–Kier alpha value is -3.09. The molecule has 0 aliphatic carbocycles. The number of aromatic nitrogens is 1. The molecule has 176 valence electrons. The van der Waals surface area contributed by atoms with Gasteiger partial charge in [-0.25, -0.2) is 12.4 Å². The SMILES string of the molecule is CCCc1cc2c(cc1O)c(-c1ccsc1C#N)c(-c1cccs1)n2S(=O)(=O)c1ccc(Cl)cc1. The van der Waals surface area contributed by atoms with Crippen molar-refractivity contribution >= 4 is 55.2 Å². The van der Waals surface area contributed by atoms with Crippen molar-refractivity contribution in [3.05, 3.63) is 80.8 Å². The average Bonchev–Trinajstić information content (AvgIpc) is 3.58. The Bertz CT molecular complexity index is 1690. The van der Waals surface area contributed by atoms with E-state index < -0.39 is 10.0 Å². The molecular weight excluding hydrogens is 520 g/mol. The summed E-state index contributed by atoms with van der Waals surface area (Å²) in [7, 11) is -4.07. The number of rotatable bonds is 6. The summed E-state index contributed by atoms with van der Waals surface area (Å²) in [5.41, 5.74) is 2.83. The number of halogens is 1. The first-order valence-corrected chi connectivity index (χ1v) is 14.4. The average molecular weight is 539 g/mol. The molecule has 35 heavy (non-hydrogen) atoms. The molecule has 0 atom stereocenters. The van der Waals surface area contributed by atoms with Gasteiger partial charge in [-0.3, -0.25) is 0 Å². The third-order valence-corrected chi connectivity index (χ3v) is 9.46. The maximum absolute atomic E-state index is 14.2. The molecule has 0 aliphatic heterocycles. The molecule has 2 aromatic carbocycles. The van der Waals surface area contributed by atoms with Crippen molar-refractivity contribution < 1.29 is 13.5 Å². The number of phenolic OH excluding ortho intramolecular Hbond substituents is 1. The summed E-state index contributed by atoms with van der Waals surface area (Å²) < 4.78 is 29.7. The zero-order chi connectivity index (χ0) is 24.7. The molecule has 5 rings (SSSR count). The van der Waals surface area contributed by atoms with E-state index in [4.69, 9.17) is 11.6 Å². The van der Waals surface area contributed by atoms with Gasteiger partial charge in [0.05, 0.1) is 21.0 Å². The molecule has 9 heteroatoms. The van der Waals surface area contributed by atoms with Crippen LogP contribution >= 0.6 is 34.3 Å². The van der Waals surface area contributed by atoms with Crippen LogP contribution in [-0.4, -0.2) is 17.5 Å². The van der Waals surface area contributed by atoms with Crippen molar-refractivity contribution in [1.29, 1.82) is 5.26 Å². The number of aryl methyl sites for hydroxylation is 1. The fraction of sp³-hybridized carbons (Fsp3) is 0.115. The number of hydrogen-bond acceptors (Lipinski definition) is 6. The number of nitrogens with zero attached hydrogens (tertiary/aromatic N) is 2. The second-order valence-electron chi connectivity index (χ2n) is 7.95. The summed E-state index contributed by atoms with van der Waals surface area (Å²) >= 11 is 8.75. The van der Waals surface area contributed by atoms with E-state index in [1.54, 1.807) is 24.3 Å². The first-order chi connectivity index (χ1) is 16.9. The van der Waals surface area contributed by atoms with Gasteiger partial charge in [0, 0.05) is 21.5 Å². The topological polar surface area (TPSA) is 83.1 Å². The summed E-state index contributed by atoms with van der Waals surface area (Å²) in [5, 5.41) is 25.3. The maximum atomic E-state index is 14.2. The van der Waals surface area contributed by atoms with E-state index in [0.717, 1.165) is 11.3 Å². The summed E-state index contributed by atoms with van der Waals surface area (Å²) in [4.78, 5) is 1.31. The highest BCUT2D eigenvalue weighted by Crippen LogP contribution is 2.47. The number of phenols is 1. The third kappa shape index (κ3) is 3.95. The van der Waals surface area contributed by atoms with E-state index in [9.17, 15) is 18.8 Å². The van der Waals surface area contributed by atoms with E-state index in [2.05, 4.69) is 6.07 Å². The van der Waals surface area contributed by atoms with Crippen LogP contribution in [0.1, 0.15) is 23.8 Å². The Balaban J connectivity index is 1.99. The maximum Gasteiger partial charge on any atom is 0.268 e. The van der Waals surface area contributed by atoms with Crippen molar-refractivity contribution in [3.8, 4) is 33.5 Å². The van der Waals surface area contributed by atoms with Crippen LogP contribution in [0.3, 0.4) is 0 Å². The van der Waals surface area contributed by atoms with Crippen LogP contribution in [0.4, 0.5) is 0 Å². The molecule has 0 amide bonds. The lowest BCUT2D eigenvalue weighted by atomic mass is 9.99. The molecule has 0 fully saturated rings. The lowest BCUT2D eigenvalue weighted by Gasteiger charge is -2.13. The van der Waals surface area contributed by atoms with E-state index in [0.29, 0.717) is 49.6 Å². The van der Waals surface area contributed by atoms with Crippen LogP contribution in [0.25, 0.3) is 32.6 Å². The largest absolute Gasteiger partial charge is 0.508 e. The Morgan fingerprint density at radius 2 is 1.86 bits per heavy atom. The van der Waals surface area contributed by atoms with Crippen molar-refractivity contribution in [1.82, 2.24) is 3.97 Å². The molecule has 0 aliphatic rings. The molecule has 1 N–H and O–H groups in total. The molecular formula is C26H19ClN2O3S3. The van der Waals surface area contributed by atoms with Gasteiger partial charge in [-0.2, -0.15) is 5.26 Å². The van der Waals surface area contributed by atoms with Gasteiger partial charge in [-0.1, -0.05) is 31.0 Å². The highest BCUT2D eigenvalue weighted by atomic mass is 35.5. The zero-order valence-electron chi connectivity index (χ0n) is 18.5. The number of fused-ring (bicyclic) bond motifs is 1. The van der Waals surface area contributed by atoms with Gasteiger partial charge in [-0.05, 0) is 71.3 Å². The summed E-state index contributed by atoms with van der Waals surface area (Å²) in [6, 6.07) is 17.2. The Kier molecular flexibility index (Phi) is 6.20. The molecule has 3 aromatic heterocycles. The van der Waals surface area contributed by atoms with Crippen LogP contribution in [0.15, 0.2) is 70.3 Å². The van der Waals surface area contributed by atoms with Crippen LogP contribution in [-0.2, 0) is 16.4 Å². The Labute approximate surface area is 216 Å². The van der Waals surface area contributed by atoms with Gasteiger partial charge in [0.1, 0.15) is 16.7 Å². The highest BCUT2D eigenvalue weighted by molar-refractivity contribution is 7.90. The predicted octanol–water partition coefficient (Wildman–Crippen LogP) is 7.52. The summed E-state index contributed by atoms with van der Waals surface area (Å²) in [5.74, 6) is 0.105. The van der Waals surface area contributed by atoms with Gasteiger partial charge in [0.25, 0.3) is 10.0 Å². The van der Waals surface area contributed by atoms with Crippen molar-refractivity contribution in [2.75, 3.05) is 0 Å². The van der Waals surface area contributed by atoms with Gasteiger partial charge in [-0.15, -0.1) is 22.7 Å². The quantitative estimate of drug-likeness (QED) is 0.242. The second-order valence-corrected chi connectivity index (χ2v) is 12.0. The number of benzene rings is 2. The number of thiophene rings is 2. The summed E-state index contributed by atoms with van der Waals surface area (Å²) in [6.07, 6.45) is 1.39. The van der Waals surface area contributed by atoms with Crippen LogP contribution in [0.2, 0.25) is 5.02 Å². The van der Waals surface area contributed by atoms with E-state index in [-0.39, 0.29) is 10.6 Å². The molecule has 3 heterocycles. The molecule has 0 radical (unpaired) electrons. The normalized spacial score (nSPS) is 11.7. The first kappa shape index (κ1) is 23.6. The van der Waals surface area contributed by atoms with Gasteiger partial charge >= 0.3 is 0 Å². The standard InChI is InChI=1S/C26H19ClN2O3S3/c1-2-4-16-13-21-20(14-22(16)30)25(19-10-12-34-24(19)15-28)26(23-5-3-11-33-23)29(21)35(31,32)18-8-6-17(27)7-9-18/h3,5-14,30H,2,4H2,1H3. The lowest BCUT2D eigenvalue weighted by Crippen LogP contribution is -2.14. The molecule has 5 nitrogen and oxygen atoms in total. The first-order valence-electron chi connectivity index (χ1n) is 10.8. The zero-order valence-corrected chi connectivity index (χ0v) is 21.7. The van der Waals surface area contributed by atoms with Crippen LogP contribution < -0.4 is 0 Å². The lowest BCUT2D eigenvalue weighted by molar-refractivity contribution is 0.468. The smallest absolute Gasteiger partial charge is 0.268 e. The highest BCUT2D eigenvalue weighted by Gasteiger charge is 2.31. The monoisotopic (exact) mass is 538 g/mol. The Morgan fingerprint density at radius 1 is 1.09 bits per heavy atom. The van der Waals surface area contributed by atoms with Crippen LogP contribution in [0, 0.1) is 11.3 Å².